The van der Waals surface area contributed by atoms with Crippen LogP contribution in [0.5, 0.6) is 0 Å². The third-order valence-corrected chi connectivity index (χ3v) is 4.94. The molecule has 0 radical (unpaired) electrons. The lowest BCUT2D eigenvalue weighted by Gasteiger charge is -2.08. The number of hydrogen-bond acceptors (Lipinski definition) is 6. The van der Waals surface area contributed by atoms with Gasteiger partial charge < -0.3 is 4.42 Å². The summed E-state index contributed by atoms with van der Waals surface area (Å²) in [7, 11) is -3.51. The fraction of sp³-hybridized carbons (Fsp3) is 0.333. The van der Waals surface area contributed by atoms with E-state index >= 15 is 0 Å². The first-order chi connectivity index (χ1) is 7.99. The fourth-order valence-corrected chi connectivity index (χ4v) is 3.45. The molecular weight excluding hydrogens is 262 g/mol. The van der Waals surface area contributed by atoms with Gasteiger partial charge in [0, 0.05) is 6.92 Å². The molecule has 0 aliphatic carbocycles. The van der Waals surface area contributed by atoms with Crippen molar-refractivity contribution in [1.29, 1.82) is 0 Å². The average molecular weight is 273 g/mol. The highest BCUT2D eigenvalue weighted by molar-refractivity contribution is 7.91. The van der Waals surface area contributed by atoms with Gasteiger partial charge in [0.1, 0.15) is 4.21 Å². The largest absolute Gasteiger partial charge is 0.424 e. The summed E-state index contributed by atoms with van der Waals surface area (Å²) in [6.45, 7) is 3.30. The van der Waals surface area contributed by atoms with Gasteiger partial charge in [0.15, 0.2) is 0 Å². The minimum absolute atomic E-state index is 0.252. The third-order valence-electron chi connectivity index (χ3n) is 2.00. The summed E-state index contributed by atoms with van der Waals surface area (Å²) in [5.74, 6) is 0.657. The van der Waals surface area contributed by atoms with Crippen molar-refractivity contribution in [1.82, 2.24) is 14.9 Å². The molecule has 0 amide bonds. The SMILES string of the molecule is Cc1nnc(C(C)NS(=O)(=O)c2cccs2)o1. The number of thiophene rings is 1. The van der Waals surface area contributed by atoms with E-state index in [2.05, 4.69) is 14.9 Å². The van der Waals surface area contributed by atoms with Crippen LogP contribution in [0.2, 0.25) is 0 Å². The van der Waals surface area contributed by atoms with Crippen molar-refractivity contribution < 1.29 is 12.8 Å². The van der Waals surface area contributed by atoms with Crippen molar-refractivity contribution in [3.05, 3.63) is 29.3 Å². The van der Waals surface area contributed by atoms with Gasteiger partial charge in [-0.25, -0.2) is 8.42 Å². The van der Waals surface area contributed by atoms with Crippen LogP contribution in [-0.4, -0.2) is 18.6 Å². The Morgan fingerprint density at radius 3 is 2.76 bits per heavy atom. The van der Waals surface area contributed by atoms with Crippen molar-refractivity contribution in [3.63, 3.8) is 0 Å². The van der Waals surface area contributed by atoms with Gasteiger partial charge >= 0.3 is 0 Å². The van der Waals surface area contributed by atoms with Crippen molar-refractivity contribution in [2.75, 3.05) is 0 Å². The zero-order chi connectivity index (χ0) is 12.5. The number of rotatable bonds is 4. The van der Waals surface area contributed by atoms with Crippen LogP contribution in [0.15, 0.2) is 26.1 Å². The summed E-state index contributed by atoms with van der Waals surface area (Å²) in [6.07, 6.45) is 0. The Labute approximate surface area is 103 Å². The molecule has 8 heteroatoms. The Bertz CT molecular complexity index is 589. The predicted octanol–water partition coefficient (Wildman–Crippen LogP) is 1.48. The molecule has 92 valence electrons. The minimum atomic E-state index is -3.51. The first kappa shape index (κ1) is 12.2. The van der Waals surface area contributed by atoms with E-state index in [1.807, 2.05) is 0 Å². The zero-order valence-corrected chi connectivity index (χ0v) is 10.9. The summed E-state index contributed by atoms with van der Waals surface area (Å²) in [5, 5.41) is 9.13. The maximum absolute atomic E-state index is 11.9. The second kappa shape index (κ2) is 4.55. The lowest BCUT2D eigenvalue weighted by atomic mass is 10.4. The molecule has 0 fully saturated rings. The van der Waals surface area contributed by atoms with Crippen LogP contribution in [-0.2, 0) is 10.0 Å². The van der Waals surface area contributed by atoms with E-state index in [1.165, 1.54) is 0 Å². The fourth-order valence-electron chi connectivity index (χ4n) is 1.24. The Morgan fingerprint density at radius 1 is 1.47 bits per heavy atom. The minimum Gasteiger partial charge on any atom is -0.424 e. The Kier molecular flexibility index (Phi) is 3.27. The van der Waals surface area contributed by atoms with E-state index in [-0.39, 0.29) is 10.1 Å². The van der Waals surface area contributed by atoms with Crippen LogP contribution in [0.25, 0.3) is 0 Å². The molecule has 2 heterocycles. The molecule has 0 spiro atoms. The Hall–Kier alpha value is -1.25. The lowest BCUT2D eigenvalue weighted by molar-refractivity contribution is 0.426. The van der Waals surface area contributed by atoms with Gasteiger partial charge in [-0.15, -0.1) is 21.5 Å². The Morgan fingerprint density at radius 2 is 2.24 bits per heavy atom. The zero-order valence-electron chi connectivity index (χ0n) is 9.25. The highest BCUT2D eigenvalue weighted by Gasteiger charge is 2.22. The maximum atomic E-state index is 11.9. The lowest BCUT2D eigenvalue weighted by Crippen LogP contribution is -2.26. The van der Waals surface area contributed by atoms with Crippen molar-refractivity contribution in [2.45, 2.75) is 24.1 Å². The third kappa shape index (κ3) is 2.71. The molecule has 6 nitrogen and oxygen atoms in total. The van der Waals surface area contributed by atoms with E-state index in [1.54, 1.807) is 31.4 Å². The quantitative estimate of drug-likeness (QED) is 0.912. The van der Waals surface area contributed by atoms with E-state index in [4.69, 9.17) is 4.42 Å². The predicted molar refractivity (Wildman–Crippen MR) is 62.1 cm³/mol. The molecule has 0 aliphatic heterocycles. The van der Waals surface area contributed by atoms with Crippen LogP contribution in [0, 0.1) is 6.92 Å². The van der Waals surface area contributed by atoms with Crippen LogP contribution in [0.1, 0.15) is 24.7 Å². The first-order valence-electron chi connectivity index (χ1n) is 4.85. The van der Waals surface area contributed by atoms with Gasteiger partial charge in [-0.1, -0.05) is 6.07 Å². The molecule has 1 atom stereocenters. The molecule has 2 aromatic heterocycles. The monoisotopic (exact) mass is 273 g/mol. The van der Waals surface area contributed by atoms with E-state index in [9.17, 15) is 8.42 Å². The van der Waals surface area contributed by atoms with Gasteiger partial charge in [0.05, 0.1) is 6.04 Å². The molecule has 2 aromatic rings. The summed E-state index contributed by atoms with van der Waals surface area (Å²) in [6, 6.07) is 2.67. The number of aryl methyl sites for hydroxylation is 1. The summed E-state index contributed by atoms with van der Waals surface area (Å²) >= 11 is 1.16. The number of aromatic nitrogens is 2. The highest BCUT2D eigenvalue weighted by atomic mass is 32.2. The number of sulfonamides is 1. The molecule has 0 aliphatic rings. The second-order valence-corrected chi connectivity index (χ2v) is 6.32. The van der Waals surface area contributed by atoms with Crippen molar-refractivity contribution in [3.8, 4) is 0 Å². The Balaban J connectivity index is 2.17. The molecule has 0 saturated heterocycles. The number of nitrogens with one attached hydrogen (secondary N) is 1. The van der Waals surface area contributed by atoms with E-state index in [0.29, 0.717) is 5.89 Å². The summed E-state index contributed by atoms with van der Waals surface area (Å²) in [4.78, 5) is 0. The molecule has 1 N–H and O–H groups in total. The number of hydrogen-bond donors (Lipinski definition) is 1. The molecule has 17 heavy (non-hydrogen) atoms. The van der Waals surface area contributed by atoms with Gasteiger partial charge in [-0.2, -0.15) is 4.72 Å². The molecular formula is C9H11N3O3S2. The van der Waals surface area contributed by atoms with Crippen LogP contribution < -0.4 is 4.72 Å². The molecule has 0 saturated carbocycles. The number of nitrogens with zero attached hydrogens (tertiary/aromatic N) is 2. The van der Waals surface area contributed by atoms with Gasteiger partial charge in [0.25, 0.3) is 10.0 Å². The topological polar surface area (TPSA) is 85.1 Å². The van der Waals surface area contributed by atoms with Crippen LogP contribution in [0.3, 0.4) is 0 Å². The highest BCUT2D eigenvalue weighted by Crippen LogP contribution is 2.19. The molecule has 0 bridgehead atoms. The maximum Gasteiger partial charge on any atom is 0.250 e. The van der Waals surface area contributed by atoms with Crippen molar-refractivity contribution >= 4 is 21.4 Å². The van der Waals surface area contributed by atoms with Gasteiger partial charge in [0.2, 0.25) is 11.8 Å². The summed E-state index contributed by atoms with van der Waals surface area (Å²) in [5.41, 5.74) is 0. The molecule has 2 rings (SSSR count). The van der Waals surface area contributed by atoms with Crippen molar-refractivity contribution in [2.24, 2.45) is 0 Å². The molecule has 1 unspecified atom stereocenters. The van der Waals surface area contributed by atoms with E-state index in [0.717, 1.165) is 11.3 Å². The van der Waals surface area contributed by atoms with Gasteiger partial charge in [-0.05, 0) is 18.4 Å². The normalized spacial score (nSPS) is 13.8. The smallest absolute Gasteiger partial charge is 0.250 e. The van der Waals surface area contributed by atoms with Crippen LogP contribution in [0.4, 0.5) is 0 Å². The second-order valence-electron chi connectivity index (χ2n) is 3.43. The van der Waals surface area contributed by atoms with E-state index < -0.39 is 16.1 Å². The molecule has 0 aromatic carbocycles. The standard InChI is InChI=1S/C9H11N3O3S2/c1-6(9-11-10-7(2)15-9)12-17(13,14)8-4-3-5-16-8/h3-6,12H,1-2H3. The average Bonchev–Trinajstić information content (AvgIpc) is 2.86. The summed E-state index contributed by atoms with van der Waals surface area (Å²) < 4.78 is 31.7. The first-order valence-corrected chi connectivity index (χ1v) is 7.21. The van der Waals surface area contributed by atoms with Crippen LogP contribution >= 0.6 is 11.3 Å². The van der Waals surface area contributed by atoms with Gasteiger partial charge in [-0.3, -0.25) is 0 Å².